The lowest BCUT2D eigenvalue weighted by Gasteiger charge is -2.26. The number of carbonyl (C=O) groups excluding carboxylic acids is 1. The predicted molar refractivity (Wildman–Crippen MR) is 150 cm³/mol. The Bertz CT molecular complexity index is 1590. The van der Waals surface area contributed by atoms with Gasteiger partial charge in [0.1, 0.15) is 0 Å². The molecule has 1 aromatic heterocycles. The third-order valence-electron chi connectivity index (χ3n) is 6.51. The van der Waals surface area contributed by atoms with Gasteiger partial charge in [0.15, 0.2) is 16.3 Å². The van der Waals surface area contributed by atoms with E-state index in [0.29, 0.717) is 38.5 Å². The summed E-state index contributed by atoms with van der Waals surface area (Å²) in [7, 11) is 1.35. The number of esters is 1. The molecule has 0 spiro atoms. The molecular weight excluding hydrogens is 538 g/mol. The van der Waals surface area contributed by atoms with Crippen LogP contribution in [0.4, 0.5) is 8.78 Å². The number of aromatic nitrogens is 1. The molecule has 0 saturated carbocycles. The van der Waals surface area contributed by atoms with E-state index in [-0.39, 0.29) is 23.7 Å². The molecule has 7 nitrogen and oxygen atoms in total. The van der Waals surface area contributed by atoms with Crippen molar-refractivity contribution in [1.82, 2.24) is 4.57 Å². The van der Waals surface area contributed by atoms with Crippen LogP contribution in [0.2, 0.25) is 0 Å². The molecule has 0 radical (unpaired) electrons. The number of hydrogen-bond acceptors (Lipinski definition) is 7. The number of rotatable bonds is 10. The molecular formula is C30H32F2N2O5S. The number of thiazole rings is 1. The van der Waals surface area contributed by atoms with Gasteiger partial charge in [0.2, 0.25) is 0 Å². The molecule has 1 aliphatic heterocycles. The molecule has 2 heterocycles. The van der Waals surface area contributed by atoms with E-state index < -0.39 is 18.6 Å². The van der Waals surface area contributed by atoms with Gasteiger partial charge in [-0.3, -0.25) is 9.36 Å². The molecule has 1 aliphatic rings. The molecule has 40 heavy (non-hydrogen) atoms. The second-order valence-corrected chi connectivity index (χ2v) is 10.5. The average molecular weight is 571 g/mol. The first-order valence-electron chi connectivity index (χ1n) is 13.1. The Morgan fingerprint density at radius 3 is 2.45 bits per heavy atom. The molecule has 2 aromatic carbocycles. The molecule has 0 N–H and O–H groups in total. The van der Waals surface area contributed by atoms with Gasteiger partial charge in [-0.05, 0) is 54.2 Å². The standard InChI is InChI=1S/C30H32F2N2O5S/c1-6-8-21-25(28(36)38-7-2)26(20-12-10-19(11-13-20)17(3)4)34-27(35)24(40-30(34)33-21)16-18-9-14-22(39-29(31)32)23(15-18)37-5/h9-17,26,29H,6-8H2,1-5H3/b24-16+/t26-/m1/s1. The highest BCUT2D eigenvalue weighted by atomic mass is 32.1. The Labute approximate surface area is 235 Å². The maximum absolute atomic E-state index is 13.9. The normalized spacial score (nSPS) is 15.3. The summed E-state index contributed by atoms with van der Waals surface area (Å²) in [5.41, 5.74) is 3.10. The summed E-state index contributed by atoms with van der Waals surface area (Å²) in [4.78, 5) is 32.4. The Morgan fingerprint density at radius 1 is 1.12 bits per heavy atom. The fraction of sp³-hybridized carbons (Fsp3) is 0.367. The van der Waals surface area contributed by atoms with Crippen molar-refractivity contribution in [2.45, 2.75) is 59.1 Å². The third kappa shape index (κ3) is 6.01. The maximum Gasteiger partial charge on any atom is 0.387 e. The van der Waals surface area contributed by atoms with E-state index >= 15 is 0 Å². The number of nitrogens with zero attached hydrogens (tertiary/aromatic N) is 2. The van der Waals surface area contributed by atoms with Crippen LogP contribution in [0.3, 0.4) is 0 Å². The van der Waals surface area contributed by atoms with Crippen LogP contribution in [0.25, 0.3) is 6.08 Å². The van der Waals surface area contributed by atoms with Crippen molar-refractivity contribution in [3.63, 3.8) is 0 Å². The zero-order valence-corrected chi connectivity index (χ0v) is 23.9. The topological polar surface area (TPSA) is 79.1 Å². The number of hydrogen-bond donors (Lipinski definition) is 0. The van der Waals surface area contributed by atoms with E-state index in [1.807, 2.05) is 31.2 Å². The van der Waals surface area contributed by atoms with Crippen molar-refractivity contribution < 1.29 is 27.8 Å². The van der Waals surface area contributed by atoms with Crippen LogP contribution in [0.5, 0.6) is 11.5 Å². The first kappa shape index (κ1) is 29.2. The summed E-state index contributed by atoms with van der Waals surface area (Å²) in [5.74, 6) is -0.175. The van der Waals surface area contributed by atoms with E-state index in [1.165, 1.54) is 35.1 Å². The van der Waals surface area contributed by atoms with Gasteiger partial charge in [0.25, 0.3) is 5.56 Å². The van der Waals surface area contributed by atoms with Crippen LogP contribution in [0.1, 0.15) is 69.2 Å². The number of methoxy groups -OCH3 is 1. The van der Waals surface area contributed by atoms with Crippen LogP contribution in [-0.4, -0.2) is 30.9 Å². The van der Waals surface area contributed by atoms with Gasteiger partial charge in [-0.15, -0.1) is 0 Å². The molecule has 212 valence electrons. The number of ether oxygens (including phenoxy) is 3. The smallest absolute Gasteiger partial charge is 0.387 e. The molecule has 0 bridgehead atoms. The van der Waals surface area contributed by atoms with E-state index in [0.717, 1.165) is 17.5 Å². The SMILES string of the molecule is CCCC1=C(C(=O)OCC)[C@@H](c2ccc(C(C)C)cc2)n2c(s/c(=C/c3ccc(OC(F)F)c(OC)c3)c2=O)=N1. The van der Waals surface area contributed by atoms with Gasteiger partial charge in [-0.25, -0.2) is 9.79 Å². The molecule has 0 amide bonds. The van der Waals surface area contributed by atoms with Crippen molar-refractivity contribution in [2.75, 3.05) is 13.7 Å². The zero-order chi connectivity index (χ0) is 29.0. The molecule has 0 aliphatic carbocycles. The highest BCUT2D eigenvalue weighted by molar-refractivity contribution is 7.07. The first-order chi connectivity index (χ1) is 19.2. The molecule has 0 saturated heterocycles. The van der Waals surface area contributed by atoms with E-state index in [1.54, 1.807) is 19.1 Å². The summed E-state index contributed by atoms with van der Waals surface area (Å²) < 4.78 is 42.6. The summed E-state index contributed by atoms with van der Waals surface area (Å²) in [6.45, 7) is 5.14. The van der Waals surface area contributed by atoms with Crippen molar-refractivity contribution >= 4 is 23.4 Å². The van der Waals surface area contributed by atoms with Crippen LogP contribution in [0, 0.1) is 0 Å². The molecule has 0 unspecified atom stereocenters. The number of fused-ring (bicyclic) bond motifs is 1. The van der Waals surface area contributed by atoms with Gasteiger partial charge in [0, 0.05) is 0 Å². The van der Waals surface area contributed by atoms with Gasteiger partial charge >= 0.3 is 12.6 Å². The van der Waals surface area contributed by atoms with Crippen molar-refractivity contribution in [3.8, 4) is 11.5 Å². The van der Waals surface area contributed by atoms with Crippen LogP contribution < -0.4 is 24.4 Å². The summed E-state index contributed by atoms with van der Waals surface area (Å²) in [6.07, 6.45) is 2.94. The molecule has 4 rings (SSSR count). The monoisotopic (exact) mass is 570 g/mol. The minimum absolute atomic E-state index is 0.107. The molecule has 1 atom stereocenters. The molecule has 0 fully saturated rings. The van der Waals surface area contributed by atoms with Crippen LogP contribution in [0.15, 0.2) is 63.5 Å². The number of halogens is 2. The minimum Gasteiger partial charge on any atom is -0.493 e. The van der Waals surface area contributed by atoms with E-state index in [4.69, 9.17) is 14.5 Å². The van der Waals surface area contributed by atoms with Gasteiger partial charge < -0.3 is 14.2 Å². The number of benzene rings is 2. The Hall–Kier alpha value is -3.79. The Morgan fingerprint density at radius 2 is 1.85 bits per heavy atom. The highest BCUT2D eigenvalue weighted by Crippen LogP contribution is 2.33. The van der Waals surface area contributed by atoms with Crippen molar-refractivity contribution in [2.24, 2.45) is 4.99 Å². The fourth-order valence-corrected chi connectivity index (χ4v) is 5.64. The molecule has 3 aromatic rings. The number of allylic oxidation sites excluding steroid dienone is 1. The highest BCUT2D eigenvalue weighted by Gasteiger charge is 2.34. The second-order valence-electron chi connectivity index (χ2n) is 9.52. The first-order valence-corrected chi connectivity index (χ1v) is 13.9. The lowest BCUT2D eigenvalue weighted by atomic mass is 9.92. The predicted octanol–water partition coefficient (Wildman–Crippen LogP) is 5.31. The largest absolute Gasteiger partial charge is 0.493 e. The van der Waals surface area contributed by atoms with Crippen LogP contribution in [-0.2, 0) is 9.53 Å². The van der Waals surface area contributed by atoms with Gasteiger partial charge in [-0.1, -0.05) is 68.9 Å². The maximum atomic E-state index is 13.9. The Balaban J connectivity index is 1.92. The molecule has 10 heteroatoms. The van der Waals surface area contributed by atoms with Gasteiger partial charge in [-0.2, -0.15) is 8.78 Å². The summed E-state index contributed by atoms with van der Waals surface area (Å²) >= 11 is 1.20. The van der Waals surface area contributed by atoms with Gasteiger partial charge in [0.05, 0.1) is 35.6 Å². The average Bonchev–Trinajstić information content (AvgIpc) is 3.23. The summed E-state index contributed by atoms with van der Waals surface area (Å²) in [5, 5.41) is 0. The fourth-order valence-electron chi connectivity index (χ4n) is 4.62. The number of carbonyl (C=O) groups is 1. The van der Waals surface area contributed by atoms with E-state index in [9.17, 15) is 18.4 Å². The lowest BCUT2D eigenvalue weighted by Crippen LogP contribution is -2.40. The third-order valence-corrected chi connectivity index (χ3v) is 7.50. The number of alkyl halides is 2. The van der Waals surface area contributed by atoms with Crippen molar-refractivity contribution in [1.29, 1.82) is 0 Å². The minimum atomic E-state index is -3.00. The lowest BCUT2D eigenvalue weighted by molar-refractivity contribution is -0.139. The van der Waals surface area contributed by atoms with Crippen molar-refractivity contribution in [3.05, 3.63) is 90.1 Å². The summed E-state index contributed by atoms with van der Waals surface area (Å²) in [6, 6.07) is 11.6. The Kier molecular flexibility index (Phi) is 9.19. The zero-order valence-electron chi connectivity index (χ0n) is 23.1. The quantitative estimate of drug-likeness (QED) is 0.309. The van der Waals surface area contributed by atoms with E-state index in [2.05, 4.69) is 18.6 Å². The second kappa shape index (κ2) is 12.6. The van der Waals surface area contributed by atoms with Crippen LogP contribution >= 0.6 is 11.3 Å².